The van der Waals surface area contributed by atoms with Crippen LogP contribution in [0.2, 0.25) is 5.02 Å². The Bertz CT molecular complexity index is 989. The summed E-state index contributed by atoms with van der Waals surface area (Å²) in [6.45, 7) is 2.55. The minimum absolute atomic E-state index is 0.171. The molecule has 0 aliphatic carbocycles. The van der Waals surface area contributed by atoms with Crippen molar-refractivity contribution in [1.29, 1.82) is 0 Å². The second-order valence-corrected chi connectivity index (χ2v) is 9.00. The fraction of sp³-hybridized carbons (Fsp3) is 0.222. The summed E-state index contributed by atoms with van der Waals surface area (Å²) in [5, 5.41) is 9.68. The zero-order valence-electron chi connectivity index (χ0n) is 14.2. The topological polar surface area (TPSA) is 64.8 Å². The smallest absolute Gasteiger partial charge is 0.191 e. The summed E-state index contributed by atoms with van der Waals surface area (Å²) >= 11 is 7.52. The molecule has 0 N–H and O–H groups in total. The molecule has 5 nitrogen and oxygen atoms in total. The first-order chi connectivity index (χ1) is 12.5. The van der Waals surface area contributed by atoms with E-state index in [1.807, 2.05) is 35.8 Å². The summed E-state index contributed by atoms with van der Waals surface area (Å²) in [4.78, 5) is 0.291. The third-order valence-corrected chi connectivity index (χ3v) is 6.69. The molecule has 8 heteroatoms. The number of rotatable bonds is 7. The quantitative estimate of drug-likeness (QED) is 0.548. The van der Waals surface area contributed by atoms with Crippen LogP contribution in [0.4, 0.5) is 0 Å². The van der Waals surface area contributed by atoms with Gasteiger partial charge in [0, 0.05) is 17.3 Å². The van der Waals surface area contributed by atoms with E-state index in [1.165, 1.54) is 11.8 Å². The van der Waals surface area contributed by atoms with Crippen LogP contribution < -0.4 is 0 Å². The van der Waals surface area contributed by atoms with Gasteiger partial charge in [-0.25, -0.2) is 8.42 Å². The van der Waals surface area contributed by atoms with E-state index in [9.17, 15) is 8.42 Å². The van der Waals surface area contributed by atoms with Gasteiger partial charge in [-0.15, -0.1) is 10.2 Å². The van der Waals surface area contributed by atoms with Crippen molar-refractivity contribution in [2.24, 2.45) is 0 Å². The summed E-state index contributed by atoms with van der Waals surface area (Å²) < 4.78 is 27.0. The molecule has 0 unspecified atom stereocenters. The number of aromatic nitrogens is 3. The van der Waals surface area contributed by atoms with E-state index in [0.29, 0.717) is 33.2 Å². The number of benzene rings is 2. The zero-order valence-corrected chi connectivity index (χ0v) is 16.6. The highest BCUT2D eigenvalue weighted by molar-refractivity contribution is 7.98. The van der Waals surface area contributed by atoms with Crippen LogP contribution in [0.5, 0.6) is 0 Å². The second kappa shape index (κ2) is 8.24. The minimum Gasteiger partial charge on any atom is -0.305 e. The predicted molar refractivity (Wildman–Crippen MR) is 104 cm³/mol. The first kappa shape index (κ1) is 18.9. The van der Waals surface area contributed by atoms with Crippen LogP contribution in [-0.4, -0.2) is 23.2 Å². The highest BCUT2D eigenvalue weighted by atomic mass is 35.5. The van der Waals surface area contributed by atoms with Gasteiger partial charge >= 0.3 is 0 Å². The van der Waals surface area contributed by atoms with Crippen LogP contribution in [0.3, 0.4) is 0 Å². The maximum atomic E-state index is 12.6. The summed E-state index contributed by atoms with van der Waals surface area (Å²) in [6.07, 6.45) is 0. The molecule has 0 amide bonds. The fourth-order valence-electron chi connectivity index (χ4n) is 2.51. The van der Waals surface area contributed by atoms with Crippen molar-refractivity contribution in [2.45, 2.75) is 35.0 Å². The third-order valence-electron chi connectivity index (χ3n) is 3.79. The molecule has 0 aliphatic rings. The van der Waals surface area contributed by atoms with E-state index in [1.54, 1.807) is 30.3 Å². The van der Waals surface area contributed by atoms with E-state index in [4.69, 9.17) is 11.6 Å². The van der Waals surface area contributed by atoms with Crippen LogP contribution >= 0.6 is 23.4 Å². The highest BCUT2D eigenvalue weighted by Gasteiger charge is 2.21. The van der Waals surface area contributed by atoms with Crippen molar-refractivity contribution in [3.63, 3.8) is 0 Å². The van der Waals surface area contributed by atoms with Gasteiger partial charge in [0.15, 0.2) is 15.0 Å². The van der Waals surface area contributed by atoms with Gasteiger partial charge in [-0.3, -0.25) is 0 Å². The van der Waals surface area contributed by atoms with Crippen molar-refractivity contribution in [3.8, 4) is 0 Å². The molecule has 26 heavy (non-hydrogen) atoms. The van der Waals surface area contributed by atoms with Crippen molar-refractivity contribution < 1.29 is 8.42 Å². The Balaban J connectivity index is 1.78. The largest absolute Gasteiger partial charge is 0.305 e. The number of thioether (sulfide) groups is 1. The molecule has 0 saturated carbocycles. The lowest BCUT2D eigenvalue weighted by Gasteiger charge is -2.08. The maximum absolute atomic E-state index is 12.6. The summed E-state index contributed by atoms with van der Waals surface area (Å²) in [7, 11) is -3.46. The number of halogens is 1. The molecule has 2 aromatic carbocycles. The molecule has 3 rings (SSSR count). The average Bonchev–Trinajstić information content (AvgIpc) is 3.01. The van der Waals surface area contributed by atoms with Crippen molar-refractivity contribution in [1.82, 2.24) is 14.8 Å². The first-order valence-corrected chi connectivity index (χ1v) is 11.1. The summed E-state index contributed by atoms with van der Waals surface area (Å²) in [6, 6.07) is 16.0. The lowest BCUT2D eigenvalue weighted by atomic mass is 10.2. The van der Waals surface area contributed by atoms with Gasteiger partial charge in [0.1, 0.15) is 11.6 Å². The normalized spacial score (nSPS) is 11.6. The fourth-order valence-corrected chi connectivity index (χ4v) is 4.98. The molecule has 1 heterocycles. The Morgan fingerprint density at radius 3 is 2.54 bits per heavy atom. The average molecular weight is 408 g/mol. The van der Waals surface area contributed by atoms with Gasteiger partial charge in [-0.05, 0) is 36.8 Å². The molecule has 1 aromatic heterocycles. The van der Waals surface area contributed by atoms with Gasteiger partial charge in [0.05, 0.1) is 4.90 Å². The van der Waals surface area contributed by atoms with Crippen LogP contribution in [-0.2, 0) is 27.9 Å². The van der Waals surface area contributed by atoms with Crippen LogP contribution in [0.15, 0.2) is 64.6 Å². The minimum atomic E-state index is -3.46. The van der Waals surface area contributed by atoms with E-state index in [2.05, 4.69) is 10.2 Å². The summed E-state index contributed by atoms with van der Waals surface area (Å²) in [5.41, 5.74) is 1.08. The molecule has 0 fully saturated rings. The number of sulfone groups is 1. The number of hydrogen-bond donors (Lipinski definition) is 0. The summed E-state index contributed by atoms with van der Waals surface area (Å²) in [5.74, 6) is 0.963. The number of hydrogen-bond acceptors (Lipinski definition) is 5. The van der Waals surface area contributed by atoms with Crippen molar-refractivity contribution in [3.05, 3.63) is 71.0 Å². The molecule has 136 valence electrons. The Morgan fingerprint density at radius 1 is 1.08 bits per heavy atom. The van der Waals surface area contributed by atoms with Gasteiger partial charge in [-0.1, -0.05) is 53.7 Å². The van der Waals surface area contributed by atoms with E-state index < -0.39 is 9.84 Å². The van der Waals surface area contributed by atoms with E-state index in [0.717, 1.165) is 5.56 Å². The van der Waals surface area contributed by atoms with Crippen molar-refractivity contribution >= 4 is 33.2 Å². The Morgan fingerprint density at radius 2 is 1.85 bits per heavy atom. The molecule has 3 aromatic rings. The van der Waals surface area contributed by atoms with Gasteiger partial charge in [0.25, 0.3) is 0 Å². The highest BCUT2D eigenvalue weighted by Crippen LogP contribution is 2.25. The molecule has 0 radical (unpaired) electrons. The van der Waals surface area contributed by atoms with Gasteiger partial charge in [-0.2, -0.15) is 0 Å². The molecule has 0 saturated heterocycles. The van der Waals surface area contributed by atoms with Crippen LogP contribution in [0.25, 0.3) is 0 Å². The van der Waals surface area contributed by atoms with Crippen molar-refractivity contribution in [2.75, 3.05) is 0 Å². The Kier molecular flexibility index (Phi) is 6.01. The van der Waals surface area contributed by atoms with Gasteiger partial charge in [0.2, 0.25) is 0 Å². The van der Waals surface area contributed by atoms with Gasteiger partial charge < -0.3 is 4.57 Å². The van der Waals surface area contributed by atoms with Crippen LogP contribution in [0.1, 0.15) is 18.3 Å². The first-order valence-electron chi connectivity index (χ1n) is 8.06. The standard InChI is InChI=1S/C18H18ClN3O2S2/c1-2-22-17(13-26(23,24)16-9-4-3-5-10-16)20-21-18(22)25-12-14-7-6-8-15(19)11-14/h3-11H,2,12-13H2,1H3. The Hall–Kier alpha value is -1.83. The Labute approximate surface area is 162 Å². The maximum Gasteiger partial charge on any atom is 0.191 e. The molecule has 0 bridgehead atoms. The SMILES string of the molecule is CCn1c(CS(=O)(=O)c2ccccc2)nnc1SCc1cccc(Cl)c1. The predicted octanol–water partition coefficient (Wildman–Crippen LogP) is 4.22. The molecular formula is C18H18ClN3O2S2. The monoisotopic (exact) mass is 407 g/mol. The third kappa shape index (κ3) is 4.47. The zero-order chi connectivity index (χ0) is 18.6. The molecular weight excluding hydrogens is 390 g/mol. The molecule has 0 spiro atoms. The van der Waals surface area contributed by atoms with E-state index in [-0.39, 0.29) is 5.75 Å². The van der Waals surface area contributed by atoms with E-state index >= 15 is 0 Å². The molecule has 0 atom stereocenters. The number of nitrogens with zero attached hydrogens (tertiary/aromatic N) is 3. The lowest BCUT2D eigenvalue weighted by molar-refractivity contribution is 0.588. The second-order valence-electron chi connectivity index (χ2n) is 5.63. The lowest BCUT2D eigenvalue weighted by Crippen LogP contribution is -2.11. The molecule has 0 aliphatic heterocycles. The van der Waals surface area contributed by atoms with Crippen LogP contribution in [0, 0.1) is 0 Å².